The number of aliphatic imine (C=N–C) groups is 1. The molecule has 8 amide bonds. The molecule has 57 heavy (non-hydrogen) atoms. The highest BCUT2D eigenvalue weighted by Gasteiger charge is 2.41. The average Bonchev–Trinajstić information content (AvgIpc) is 3.62. The lowest BCUT2D eigenvalue weighted by molar-refractivity contribution is -0.145. The van der Waals surface area contributed by atoms with Crippen LogP contribution >= 0.6 is 0 Å². The van der Waals surface area contributed by atoms with Crippen molar-refractivity contribution in [3.63, 3.8) is 0 Å². The van der Waals surface area contributed by atoms with Crippen LogP contribution in [-0.2, 0) is 43.2 Å². The van der Waals surface area contributed by atoms with Crippen molar-refractivity contribution in [2.75, 3.05) is 13.1 Å². The van der Waals surface area contributed by atoms with Gasteiger partial charge in [-0.1, -0.05) is 34.1 Å². The van der Waals surface area contributed by atoms with E-state index in [9.17, 15) is 48.3 Å². The predicted molar refractivity (Wildman–Crippen MR) is 207 cm³/mol. The van der Waals surface area contributed by atoms with Crippen LogP contribution in [0.2, 0.25) is 0 Å². The van der Waals surface area contributed by atoms with Crippen molar-refractivity contribution in [3.8, 4) is 0 Å². The lowest BCUT2D eigenvalue weighted by Gasteiger charge is -2.32. The molecule has 0 aliphatic carbocycles. The summed E-state index contributed by atoms with van der Waals surface area (Å²) >= 11 is 0. The molecule has 0 aromatic rings. The number of guanidine groups is 1. The van der Waals surface area contributed by atoms with E-state index < -0.39 is 108 Å². The molecule has 1 aliphatic heterocycles. The number of primary amides is 2. The summed E-state index contributed by atoms with van der Waals surface area (Å²) in [6.07, 6.45) is 0.386. The van der Waals surface area contributed by atoms with E-state index in [-0.39, 0.29) is 57.1 Å². The Morgan fingerprint density at radius 1 is 0.772 bits per heavy atom. The quantitative estimate of drug-likeness (QED) is 0.0239. The number of amides is 8. The molecule has 0 unspecified atom stereocenters. The van der Waals surface area contributed by atoms with Gasteiger partial charge < -0.3 is 65.3 Å². The molecule has 0 bridgehead atoms. The summed E-state index contributed by atoms with van der Waals surface area (Å²) in [6.45, 7) is 8.82. The maximum absolute atomic E-state index is 14.1. The summed E-state index contributed by atoms with van der Waals surface area (Å²) in [5.74, 6) is -8.19. The number of carboxylic acid groups (broad SMARTS) is 1. The number of nitrogens with zero attached hydrogens (tertiary/aromatic N) is 2. The number of nitrogens with one attached hydrogen (secondary N) is 5. The van der Waals surface area contributed by atoms with Gasteiger partial charge >= 0.3 is 5.97 Å². The number of nitrogens with two attached hydrogens (primary N) is 5. The predicted octanol–water partition coefficient (Wildman–Crippen LogP) is -3.88. The number of likely N-dealkylation sites (tertiary alicyclic amines) is 1. The fourth-order valence-corrected chi connectivity index (χ4v) is 5.99. The van der Waals surface area contributed by atoms with Gasteiger partial charge in [0.15, 0.2) is 5.96 Å². The summed E-state index contributed by atoms with van der Waals surface area (Å²) in [5.41, 5.74) is 27.1. The van der Waals surface area contributed by atoms with Crippen molar-refractivity contribution in [1.29, 1.82) is 0 Å². The van der Waals surface area contributed by atoms with Crippen LogP contribution in [0.5, 0.6) is 0 Å². The third-order valence-electron chi connectivity index (χ3n) is 9.34. The average molecular weight is 811 g/mol. The first-order chi connectivity index (χ1) is 26.6. The Bertz CT molecular complexity index is 1490. The topological polar surface area (TPSA) is 380 Å². The molecule has 0 spiro atoms. The molecular weight excluding hydrogens is 748 g/mol. The number of aliphatic carboxylic acids is 1. The number of hydrogen-bond acceptors (Lipinski definition) is 11. The minimum atomic E-state index is -1.67. The molecule has 1 fully saturated rings. The van der Waals surface area contributed by atoms with Crippen LogP contribution in [0.4, 0.5) is 0 Å². The first-order valence-corrected chi connectivity index (χ1v) is 19.0. The largest absolute Gasteiger partial charge is 0.480 e. The molecule has 22 nitrogen and oxygen atoms in total. The summed E-state index contributed by atoms with van der Waals surface area (Å²) in [7, 11) is 0. The second-order valence-electron chi connectivity index (χ2n) is 14.7. The zero-order chi connectivity index (χ0) is 43.6. The lowest BCUT2D eigenvalue weighted by atomic mass is 9.97. The highest BCUT2D eigenvalue weighted by molar-refractivity contribution is 5.97. The molecule has 322 valence electrons. The van der Waals surface area contributed by atoms with Gasteiger partial charge in [0, 0.05) is 19.5 Å². The number of rotatable bonds is 25. The number of carbonyl (C=O) groups excluding carboxylic acids is 8. The van der Waals surface area contributed by atoms with Gasteiger partial charge in [-0.2, -0.15) is 0 Å². The first kappa shape index (κ1) is 49.5. The maximum Gasteiger partial charge on any atom is 0.326 e. The lowest BCUT2D eigenvalue weighted by Crippen LogP contribution is -2.60. The standard InChI is InChI=1S/C35H62N12O10/c1-6-18(4)27(46-28(50)19(5)42-30(52)22(11-12-25(37)48)43-29(51)20(36)15-17(2)3)33(55)47-14-8-10-24(47)32(54)44-21(9-7-13-41-35(39)40)31(53)45-23(34(56)57)16-26(38)49/h17-24,27H,6-16,36H2,1-5H3,(H2,37,48)(H2,38,49)(H,42,52)(H,43,51)(H,44,54)(H,45,53)(H,46,50)(H,56,57)(H4,39,40,41)/t18-,19-,20-,21-,22-,23-,24-,27-/m0/s1. The second-order valence-corrected chi connectivity index (χ2v) is 14.7. The smallest absolute Gasteiger partial charge is 0.326 e. The zero-order valence-corrected chi connectivity index (χ0v) is 33.4. The first-order valence-electron chi connectivity index (χ1n) is 19.0. The van der Waals surface area contributed by atoms with E-state index in [2.05, 4.69) is 31.6 Å². The highest BCUT2D eigenvalue weighted by Crippen LogP contribution is 2.22. The molecule has 0 saturated carbocycles. The van der Waals surface area contributed by atoms with E-state index in [0.29, 0.717) is 19.3 Å². The Kier molecular flexibility index (Phi) is 21.0. The minimum Gasteiger partial charge on any atom is -0.480 e. The fourth-order valence-electron chi connectivity index (χ4n) is 5.99. The van der Waals surface area contributed by atoms with Crippen LogP contribution in [0, 0.1) is 11.8 Å². The van der Waals surface area contributed by atoms with Crippen LogP contribution in [-0.4, -0.2) is 125 Å². The van der Waals surface area contributed by atoms with Gasteiger partial charge in [0.05, 0.1) is 12.5 Å². The normalized spacial score (nSPS) is 17.4. The van der Waals surface area contributed by atoms with Crippen LogP contribution in [0.1, 0.15) is 92.4 Å². The molecule has 22 heteroatoms. The third-order valence-corrected chi connectivity index (χ3v) is 9.34. The van der Waals surface area contributed by atoms with E-state index in [0.717, 1.165) is 0 Å². The van der Waals surface area contributed by atoms with Crippen molar-refractivity contribution in [3.05, 3.63) is 0 Å². The molecular formula is C35H62N12O10. The number of carbonyl (C=O) groups is 9. The van der Waals surface area contributed by atoms with Gasteiger partial charge in [0.2, 0.25) is 47.3 Å². The van der Waals surface area contributed by atoms with E-state index in [1.165, 1.54) is 11.8 Å². The van der Waals surface area contributed by atoms with Gasteiger partial charge in [-0.25, -0.2) is 4.79 Å². The molecule has 8 atom stereocenters. The van der Waals surface area contributed by atoms with Crippen molar-refractivity contribution < 1.29 is 48.3 Å². The van der Waals surface area contributed by atoms with Gasteiger partial charge in [0.25, 0.3) is 0 Å². The molecule has 1 rings (SSSR count). The van der Waals surface area contributed by atoms with E-state index >= 15 is 0 Å². The fraction of sp³-hybridized carbons (Fsp3) is 0.714. The molecule has 1 saturated heterocycles. The Hall–Kier alpha value is -5.54. The van der Waals surface area contributed by atoms with Crippen molar-refractivity contribution >= 4 is 59.2 Å². The van der Waals surface area contributed by atoms with E-state index in [1.807, 2.05) is 13.8 Å². The van der Waals surface area contributed by atoms with Crippen molar-refractivity contribution in [2.24, 2.45) is 45.5 Å². The summed E-state index contributed by atoms with van der Waals surface area (Å²) in [6, 6.07) is -8.63. The number of carboxylic acids is 1. The molecule has 16 N–H and O–H groups in total. The van der Waals surface area contributed by atoms with Gasteiger partial charge in [-0.15, -0.1) is 0 Å². The monoisotopic (exact) mass is 810 g/mol. The molecule has 0 aromatic carbocycles. The van der Waals surface area contributed by atoms with E-state index in [1.54, 1.807) is 13.8 Å². The van der Waals surface area contributed by atoms with Gasteiger partial charge in [0.1, 0.15) is 36.3 Å². The van der Waals surface area contributed by atoms with Gasteiger partial charge in [-0.3, -0.25) is 43.3 Å². The molecule has 0 radical (unpaired) electrons. The number of hydrogen-bond donors (Lipinski definition) is 11. The Labute approximate surface area is 331 Å². The molecule has 1 heterocycles. The minimum absolute atomic E-state index is 0.0507. The Morgan fingerprint density at radius 3 is 1.91 bits per heavy atom. The van der Waals surface area contributed by atoms with E-state index in [4.69, 9.17) is 28.7 Å². The molecule has 0 aromatic heterocycles. The highest BCUT2D eigenvalue weighted by atomic mass is 16.4. The van der Waals surface area contributed by atoms with Crippen molar-refractivity contribution in [1.82, 2.24) is 31.5 Å². The maximum atomic E-state index is 14.1. The Balaban J connectivity index is 3.20. The van der Waals surface area contributed by atoms with Crippen LogP contribution in [0.3, 0.4) is 0 Å². The Morgan fingerprint density at radius 2 is 1.37 bits per heavy atom. The van der Waals surface area contributed by atoms with Crippen LogP contribution in [0.15, 0.2) is 4.99 Å². The second kappa shape index (κ2) is 24.2. The van der Waals surface area contributed by atoms with Gasteiger partial charge in [-0.05, 0) is 57.3 Å². The SMILES string of the molecule is CC[C@H](C)[C@H](NC(=O)[C@H](C)NC(=O)[C@H](CCC(N)=O)NC(=O)[C@@H](N)CC(C)C)C(=O)N1CCC[C@H]1C(=O)N[C@@H](CCCN=C(N)N)C(=O)N[C@@H](CC(N)=O)C(=O)O. The zero-order valence-electron chi connectivity index (χ0n) is 33.4. The van der Waals surface area contributed by atoms with Crippen molar-refractivity contribution in [2.45, 2.75) is 135 Å². The van der Waals surface area contributed by atoms with Crippen LogP contribution in [0.25, 0.3) is 0 Å². The molecule has 1 aliphatic rings. The summed E-state index contributed by atoms with van der Waals surface area (Å²) in [5, 5.41) is 22.0. The van der Waals surface area contributed by atoms with Crippen LogP contribution < -0.4 is 55.3 Å². The summed E-state index contributed by atoms with van der Waals surface area (Å²) < 4.78 is 0. The third kappa shape index (κ3) is 17.4. The summed E-state index contributed by atoms with van der Waals surface area (Å²) in [4.78, 5) is 120.